The fourth-order valence-electron chi connectivity index (χ4n) is 5.05. The van der Waals surface area contributed by atoms with Crippen LogP contribution in [-0.4, -0.2) is 64.6 Å². The van der Waals surface area contributed by atoms with Crippen LogP contribution in [0.15, 0.2) is 18.2 Å². The molecular formula is C26H31F2N5O4. The first-order valence-corrected chi connectivity index (χ1v) is 12.7. The summed E-state index contributed by atoms with van der Waals surface area (Å²) in [6.45, 7) is 5.26. The van der Waals surface area contributed by atoms with Gasteiger partial charge in [0.15, 0.2) is 23.2 Å². The Labute approximate surface area is 214 Å². The number of esters is 1. The fourth-order valence-corrected chi connectivity index (χ4v) is 5.05. The minimum Gasteiger partial charge on any atom is -0.487 e. The zero-order valence-electron chi connectivity index (χ0n) is 21.0. The molecule has 0 spiro atoms. The van der Waals surface area contributed by atoms with E-state index in [9.17, 15) is 18.4 Å². The zero-order chi connectivity index (χ0) is 26.1. The fraction of sp³-hybridized carbons (Fsp3) is 0.538. The largest absolute Gasteiger partial charge is 0.487 e. The number of hydrogen-bond donors (Lipinski definition) is 1. The van der Waals surface area contributed by atoms with Gasteiger partial charge in [-0.05, 0) is 12.1 Å². The number of nitrogens with zero attached hydrogens (tertiary/aromatic N) is 4. The molecule has 1 N–H and O–H groups in total. The van der Waals surface area contributed by atoms with Crippen LogP contribution in [0.5, 0.6) is 5.75 Å². The van der Waals surface area contributed by atoms with E-state index in [1.54, 1.807) is 11.8 Å². The number of aromatic nitrogens is 2. The Morgan fingerprint density at radius 1 is 1.03 bits per heavy atom. The van der Waals surface area contributed by atoms with E-state index in [0.717, 1.165) is 23.3 Å². The normalized spacial score (nSPS) is 21.6. The van der Waals surface area contributed by atoms with Gasteiger partial charge in [0.05, 0.1) is 17.9 Å². The second-order valence-corrected chi connectivity index (χ2v) is 9.90. The molecule has 198 valence electrons. The molecule has 3 heterocycles. The molecule has 0 bridgehead atoms. The summed E-state index contributed by atoms with van der Waals surface area (Å²) < 4.78 is 38.4. The summed E-state index contributed by atoms with van der Waals surface area (Å²) >= 11 is 0. The van der Waals surface area contributed by atoms with Gasteiger partial charge in [-0.15, -0.1) is 0 Å². The van der Waals surface area contributed by atoms with Crippen molar-refractivity contribution in [2.24, 2.45) is 0 Å². The first-order valence-electron chi connectivity index (χ1n) is 12.7. The number of carbonyl (C=O) groups excluding carboxylic acids is 2. The molecule has 2 aromatic rings. The van der Waals surface area contributed by atoms with Gasteiger partial charge >= 0.3 is 5.97 Å². The number of amides is 1. The molecule has 1 aromatic heterocycles. The van der Waals surface area contributed by atoms with E-state index in [4.69, 9.17) is 19.4 Å². The van der Waals surface area contributed by atoms with Crippen LogP contribution in [0.25, 0.3) is 0 Å². The summed E-state index contributed by atoms with van der Waals surface area (Å²) in [4.78, 5) is 37.0. The third-order valence-electron chi connectivity index (χ3n) is 7.13. The molecular weight excluding hydrogens is 484 g/mol. The lowest BCUT2D eigenvalue weighted by Crippen LogP contribution is -2.44. The highest BCUT2D eigenvalue weighted by Crippen LogP contribution is 2.33. The third-order valence-corrected chi connectivity index (χ3v) is 7.13. The van der Waals surface area contributed by atoms with Crippen molar-refractivity contribution in [3.63, 3.8) is 0 Å². The molecule has 1 aromatic carbocycles. The van der Waals surface area contributed by atoms with E-state index < -0.39 is 11.6 Å². The minimum absolute atomic E-state index is 0.00826. The molecule has 0 atom stereocenters. The van der Waals surface area contributed by atoms with Gasteiger partial charge in [-0.3, -0.25) is 9.59 Å². The van der Waals surface area contributed by atoms with Crippen molar-refractivity contribution in [1.82, 2.24) is 14.9 Å². The van der Waals surface area contributed by atoms with Crippen molar-refractivity contribution in [3.05, 3.63) is 41.2 Å². The summed E-state index contributed by atoms with van der Waals surface area (Å²) in [5.74, 6) is -0.166. The molecule has 1 saturated carbocycles. The molecule has 1 saturated heterocycles. The molecule has 2 aliphatic heterocycles. The number of benzene rings is 1. The van der Waals surface area contributed by atoms with Crippen LogP contribution in [0.4, 0.5) is 20.4 Å². The summed E-state index contributed by atoms with van der Waals surface area (Å²) in [6.07, 6.45) is 3.01. The van der Waals surface area contributed by atoms with Gasteiger partial charge in [-0.2, -0.15) is 0 Å². The number of carbonyl (C=O) groups is 2. The molecule has 0 radical (unpaired) electrons. The van der Waals surface area contributed by atoms with Crippen LogP contribution in [0, 0.1) is 11.6 Å². The van der Waals surface area contributed by atoms with Crippen molar-refractivity contribution in [3.8, 4) is 5.75 Å². The smallest absolute Gasteiger partial charge is 0.302 e. The van der Waals surface area contributed by atoms with Crippen molar-refractivity contribution in [2.75, 3.05) is 29.9 Å². The Morgan fingerprint density at radius 3 is 2.46 bits per heavy atom. The lowest BCUT2D eigenvalue weighted by atomic mass is 9.89. The SMILES string of the molecule is CC(=O)OC1CC(Nc2nc3c(nc2N2CCC(Oc4ccc(F)cc4F)CC2)CCN(C(C)=O)C3)C1. The molecule has 2 fully saturated rings. The summed E-state index contributed by atoms with van der Waals surface area (Å²) in [7, 11) is 0. The molecule has 1 aliphatic carbocycles. The van der Waals surface area contributed by atoms with Crippen molar-refractivity contribution < 1.29 is 27.8 Å². The van der Waals surface area contributed by atoms with Crippen molar-refractivity contribution in [2.45, 2.75) is 70.7 Å². The Balaban J connectivity index is 1.30. The van der Waals surface area contributed by atoms with Crippen LogP contribution in [0.2, 0.25) is 0 Å². The molecule has 3 aliphatic rings. The number of anilines is 2. The van der Waals surface area contributed by atoms with E-state index in [2.05, 4.69) is 10.2 Å². The topological polar surface area (TPSA) is 96.9 Å². The van der Waals surface area contributed by atoms with Gasteiger partial charge in [0.25, 0.3) is 0 Å². The number of halogens is 2. The molecule has 1 amide bonds. The van der Waals surface area contributed by atoms with E-state index in [1.165, 1.54) is 19.1 Å². The summed E-state index contributed by atoms with van der Waals surface area (Å²) in [6, 6.07) is 3.43. The lowest BCUT2D eigenvalue weighted by molar-refractivity contribution is -0.150. The number of hydrogen-bond acceptors (Lipinski definition) is 8. The number of ether oxygens (including phenoxy) is 2. The molecule has 11 heteroatoms. The Hall–Kier alpha value is -3.50. The predicted octanol–water partition coefficient (Wildman–Crippen LogP) is 3.21. The molecule has 5 rings (SSSR count). The summed E-state index contributed by atoms with van der Waals surface area (Å²) in [5.41, 5.74) is 1.67. The molecule has 9 nitrogen and oxygen atoms in total. The van der Waals surface area contributed by atoms with Crippen molar-refractivity contribution in [1.29, 1.82) is 0 Å². The molecule has 0 unspecified atom stereocenters. The second kappa shape index (κ2) is 10.5. The van der Waals surface area contributed by atoms with Crippen LogP contribution in [-0.2, 0) is 27.3 Å². The highest BCUT2D eigenvalue weighted by molar-refractivity contribution is 5.73. The predicted molar refractivity (Wildman–Crippen MR) is 131 cm³/mol. The first kappa shape index (κ1) is 25.2. The van der Waals surface area contributed by atoms with Gasteiger partial charge < -0.3 is 24.6 Å². The van der Waals surface area contributed by atoms with Crippen LogP contribution >= 0.6 is 0 Å². The van der Waals surface area contributed by atoms with E-state index >= 15 is 0 Å². The Morgan fingerprint density at radius 2 is 1.78 bits per heavy atom. The zero-order valence-corrected chi connectivity index (χ0v) is 21.0. The van der Waals surface area contributed by atoms with Gasteiger partial charge in [0.1, 0.15) is 18.0 Å². The number of rotatable bonds is 6. The number of nitrogens with one attached hydrogen (secondary N) is 1. The monoisotopic (exact) mass is 515 g/mol. The van der Waals surface area contributed by atoms with E-state index in [1.807, 2.05) is 0 Å². The van der Waals surface area contributed by atoms with Crippen molar-refractivity contribution >= 4 is 23.5 Å². The number of piperidine rings is 1. The van der Waals surface area contributed by atoms with Crippen LogP contribution in [0.1, 0.15) is 50.9 Å². The maximum atomic E-state index is 14.0. The minimum atomic E-state index is -0.707. The summed E-state index contributed by atoms with van der Waals surface area (Å²) in [5, 5.41) is 3.48. The Bertz CT molecular complexity index is 1180. The van der Waals surface area contributed by atoms with Gasteiger partial charge in [-0.1, -0.05) is 0 Å². The average Bonchev–Trinajstić information content (AvgIpc) is 2.84. The van der Waals surface area contributed by atoms with Gasteiger partial charge in [0, 0.05) is 77.7 Å². The second-order valence-electron chi connectivity index (χ2n) is 9.90. The van der Waals surface area contributed by atoms with Crippen LogP contribution in [0.3, 0.4) is 0 Å². The van der Waals surface area contributed by atoms with E-state index in [0.29, 0.717) is 64.1 Å². The highest BCUT2D eigenvalue weighted by atomic mass is 19.1. The first-order chi connectivity index (χ1) is 17.7. The lowest BCUT2D eigenvalue weighted by Gasteiger charge is -2.38. The maximum absolute atomic E-state index is 14.0. The Kier molecular flexibility index (Phi) is 7.12. The number of fused-ring (bicyclic) bond motifs is 1. The standard InChI is InChI=1S/C26H31F2N5O4/c1-15(34)33-10-7-22-23(14-33)30-25(29-18-12-20(13-18)36-16(2)35)26(31-22)32-8-5-19(6-9-32)37-24-4-3-17(27)11-21(24)28/h3-4,11,18-20H,5-10,12-14H2,1-2H3,(H,29,30). The van der Waals surface area contributed by atoms with E-state index in [-0.39, 0.29) is 35.9 Å². The van der Waals surface area contributed by atoms with Gasteiger partial charge in [-0.25, -0.2) is 18.7 Å². The third kappa shape index (κ3) is 5.75. The molecule has 37 heavy (non-hydrogen) atoms. The highest BCUT2D eigenvalue weighted by Gasteiger charge is 2.34. The maximum Gasteiger partial charge on any atom is 0.302 e. The van der Waals surface area contributed by atoms with Gasteiger partial charge in [0.2, 0.25) is 5.91 Å². The average molecular weight is 516 g/mol. The quantitative estimate of drug-likeness (QED) is 0.586. The van der Waals surface area contributed by atoms with Crippen LogP contribution < -0.4 is 15.0 Å².